The molecule has 2 unspecified atom stereocenters. The van der Waals surface area contributed by atoms with Gasteiger partial charge < -0.3 is 15.9 Å². The molecule has 0 aromatic heterocycles. The summed E-state index contributed by atoms with van der Waals surface area (Å²) in [5.41, 5.74) is 3.81. The van der Waals surface area contributed by atoms with Gasteiger partial charge in [-0.2, -0.15) is 0 Å². The van der Waals surface area contributed by atoms with Gasteiger partial charge >= 0.3 is 5.97 Å². The lowest BCUT2D eigenvalue weighted by Gasteiger charge is -2.28. The Morgan fingerprint density at radius 3 is 2.00 bits per heavy atom. The summed E-state index contributed by atoms with van der Waals surface area (Å²) >= 11 is 0. The van der Waals surface area contributed by atoms with Gasteiger partial charge in [0.25, 0.3) is 0 Å². The second kappa shape index (κ2) is 3.19. The first-order chi connectivity index (χ1) is 4.80. The van der Waals surface area contributed by atoms with Crippen LogP contribution in [0.2, 0.25) is 0 Å². The molecular weight excluding hydrogens is 146 g/mol. The summed E-state index contributed by atoms with van der Waals surface area (Å²) in [6, 6.07) is 0. The number of carbonyl (C=O) groups is 1. The standard InChI is InChI=1S/C7H15NO3/c1-4(2)5(9)7(3,8)6(10)11/h4-5,9H,8H2,1-3H3,(H,10,11). The van der Waals surface area contributed by atoms with Gasteiger partial charge in [-0.05, 0) is 12.8 Å². The van der Waals surface area contributed by atoms with E-state index in [2.05, 4.69) is 0 Å². The lowest BCUT2D eigenvalue weighted by atomic mass is 9.88. The van der Waals surface area contributed by atoms with E-state index in [1.807, 2.05) is 0 Å². The quantitative estimate of drug-likeness (QED) is 0.535. The molecule has 0 rings (SSSR count). The van der Waals surface area contributed by atoms with Crippen LogP contribution < -0.4 is 5.73 Å². The van der Waals surface area contributed by atoms with Crippen molar-refractivity contribution in [2.24, 2.45) is 11.7 Å². The first-order valence-electron chi connectivity index (χ1n) is 3.50. The molecule has 4 nitrogen and oxygen atoms in total. The van der Waals surface area contributed by atoms with Gasteiger partial charge in [0.15, 0.2) is 0 Å². The summed E-state index contributed by atoms with van der Waals surface area (Å²) in [6.45, 7) is 4.75. The lowest BCUT2D eigenvalue weighted by Crippen LogP contribution is -2.56. The monoisotopic (exact) mass is 161 g/mol. The minimum atomic E-state index is -1.55. The van der Waals surface area contributed by atoms with Gasteiger partial charge in [-0.25, -0.2) is 0 Å². The zero-order valence-corrected chi connectivity index (χ0v) is 7.03. The maximum absolute atomic E-state index is 10.5. The average molecular weight is 161 g/mol. The van der Waals surface area contributed by atoms with Crippen LogP contribution >= 0.6 is 0 Å². The molecule has 0 radical (unpaired) electrons. The minimum absolute atomic E-state index is 0.152. The van der Waals surface area contributed by atoms with Gasteiger partial charge in [-0.3, -0.25) is 4.79 Å². The average Bonchev–Trinajstić information content (AvgIpc) is 1.85. The van der Waals surface area contributed by atoms with Crippen molar-refractivity contribution < 1.29 is 15.0 Å². The van der Waals surface area contributed by atoms with Crippen LogP contribution in [0.3, 0.4) is 0 Å². The highest BCUT2D eigenvalue weighted by Crippen LogP contribution is 2.14. The third kappa shape index (κ3) is 2.17. The van der Waals surface area contributed by atoms with Gasteiger partial charge in [0.2, 0.25) is 0 Å². The summed E-state index contributed by atoms with van der Waals surface area (Å²) in [6.07, 6.45) is -1.01. The SMILES string of the molecule is CC(C)C(O)C(C)(N)C(=O)O. The van der Waals surface area contributed by atoms with E-state index in [0.29, 0.717) is 0 Å². The van der Waals surface area contributed by atoms with Crippen molar-refractivity contribution in [3.63, 3.8) is 0 Å². The predicted octanol–water partition coefficient (Wildman–Crippen LogP) is -0.195. The van der Waals surface area contributed by atoms with Crippen LogP contribution in [0.25, 0.3) is 0 Å². The van der Waals surface area contributed by atoms with Crippen LogP contribution in [0.15, 0.2) is 0 Å². The number of hydrogen-bond donors (Lipinski definition) is 3. The molecule has 2 atom stereocenters. The van der Waals surface area contributed by atoms with E-state index >= 15 is 0 Å². The van der Waals surface area contributed by atoms with E-state index in [4.69, 9.17) is 10.8 Å². The molecule has 11 heavy (non-hydrogen) atoms. The first kappa shape index (κ1) is 10.4. The van der Waals surface area contributed by atoms with Crippen LogP contribution in [-0.4, -0.2) is 27.8 Å². The number of nitrogens with two attached hydrogens (primary N) is 1. The Morgan fingerprint density at radius 1 is 1.55 bits per heavy atom. The summed E-state index contributed by atoms with van der Waals surface area (Å²) in [5, 5.41) is 17.9. The fraction of sp³-hybridized carbons (Fsp3) is 0.857. The maximum Gasteiger partial charge on any atom is 0.326 e. The summed E-state index contributed by atoms with van der Waals surface area (Å²) < 4.78 is 0. The van der Waals surface area contributed by atoms with Crippen LogP contribution in [0.5, 0.6) is 0 Å². The zero-order valence-electron chi connectivity index (χ0n) is 7.03. The zero-order chi connectivity index (χ0) is 9.23. The first-order valence-corrected chi connectivity index (χ1v) is 3.50. The van der Waals surface area contributed by atoms with Crippen molar-refractivity contribution in [1.29, 1.82) is 0 Å². The Bertz CT molecular complexity index is 154. The van der Waals surface area contributed by atoms with Gasteiger partial charge in [-0.15, -0.1) is 0 Å². The molecule has 0 bridgehead atoms. The number of aliphatic carboxylic acids is 1. The van der Waals surface area contributed by atoms with Crippen molar-refractivity contribution in [1.82, 2.24) is 0 Å². The Balaban J connectivity index is 4.42. The summed E-state index contributed by atoms with van der Waals surface area (Å²) in [7, 11) is 0. The molecule has 0 saturated carbocycles. The predicted molar refractivity (Wildman–Crippen MR) is 41.1 cm³/mol. The highest BCUT2D eigenvalue weighted by atomic mass is 16.4. The Morgan fingerprint density at radius 2 is 1.91 bits per heavy atom. The van der Waals surface area contributed by atoms with Crippen molar-refractivity contribution in [3.8, 4) is 0 Å². The Kier molecular flexibility index (Phi) is 3.02. The van der Waals surface area contributed by atoms with Crippen molar-refractivity contribution in [2.75, 3.05) is 0 Å². The van der Waals surface area contributed by atoms with E-state index in [1.165, 1.54) is 6.92 Å². The Labute approximate surface area is 66.0 Å². The molecule has 0 aliphatic heterocycles. The van der Waals surface area contributed by atoms with Crippen LogP contribution in [0.4, 0.5) is 0 Å². The van der Waals surface area contributed by atoms with E-state index < -0.39 is 17.6 Å². The molecule has 4 heteroatoms. The number of carboxylic acid groups (broad SMARTS) is 1. The van der Waals surface area contributed by atoms with Crippen LogP contribution in [-0.2, 0) is 4.79 Å². The molecule has 0 spiro atoms. The smallest absolute Gasteiger partial charge is 0.326 e. The van der Waals surface area contributed by atoms with Gasteiger partial charge in [0, 0.05) is 0 Å². The molecular formula is C7H15NO3. The second-order valence-corrected chi connectivity index (χ2v) is 3.28. The van der Waals surface area contributed by atoms with Gasteiger partial charge in [0.1, 0.15) is 5.54 Å². The third-order valence-corrected chi connectivity index (χ3v) is 1.71. The number of aliphatic hydroxyl groups is 1. The molecule has 0 heterocycles. The Hall–Kier alpha value is -0.610. The summed E-state index contributed by atoms with van der Waals surface area (Å²) in [5.74, 6) is -1.33. The fourth-order valence-electron chi connectivity index (χ4n) is 0.819. The lowest BCUT2D eigenvalue weighted by molar-refractivity contribution is -0.148. The van der Waals surface area contributed by atoms with Crippen LogP contribution in [0.1, 0.15) is 20.8 Å². The van der Waals surface area contributed by atoms with Crippen molar-refractivity contribution in [3.05, 3.63) is 0 Å². The van der Waals surface area contributed by atoms with Gasteiger partial charge in [0.05, 0.1) is 6.10 Å². The van der Waals surface area contributed by atoms with Crippen molar-refractivity contribution >= 4 is 5.97 Å². The minimum Gasteiger partial charge on any atom is -0.480 e. The van der Waals surface area contributed by atoms with Crippen molar-refractivity contribution in [2.45, 2.75) is 32.4 Å². The second-order valence-electron chi connectivity index (χ2n) is 3.28. The van der Waals surface area contributed by atoms with Crippen LogP contribution in [0, 0.1) is 5.92 Å². The summed E-state index contributed by atoms with van der Waals surface area (Å²) in [4.78, 5) is 10.5. The fourth-order valence-corrected chi connectivity index (χ4v) is 0.819. The molecule has 4 N–H and O–H groups in total. The highest BCUT2D eigenvalue weighted by molar-refractivity contribution is 5.78. The highest BCUT2D eigenvalue weighted by Gasteiger charge is 2.38. The molecule has 0 aliphatic rings. The topological polar surface area (TPSA) is 83.5 Å². The molecule has 0 aliphatic carbocycles. The maximum atomic E-state index is 10.5. The molecule has 0 saturated heterocycles. The van der Waals surface area contributed by atoms with E-state index in [-0.39, 0.29) is 5.92 Å². The third-order valence-electron chi connectivity index (χ3n) is 1.71. The molecule has 0 fully saturated rings. The van der Waals surface area contributed by atoms with E-state index in [1.54, 1.807) is 13.8 Å². The largest absolute Gasteiger partial charge is 0.480 e. The normalized spacial score (nSPS) is 19.5. The number of rotatable bonds is 3. The number of hydrogen-bond acceptors (Lipinski definition) is 3. The van der Waals surface area contributed by atoms with E-state index in [0.717, 1.165) is 0 Å². The molecule has 0 amide bonds. The molecule has 66 valence electrons. The molecule has 0 aromatic carbocycles. The number of carboxylic acids is 1. The number of aliphatic hydroxyl groups excluding tert-OH is 1. The molecule has 0 aromatic rings. The van der Waals surface area contributed by atoms with Gasteiger partial charge in [-0.1, -0.05) is 13.8 Å². The van der Waals surface area contributed by atoms with E-state index in [9.17, 15) is 9.90 Å².